The van der Waals surface area contributed by atoms with Gasteiger partial charge in [0.15, 0.2) is 0 Å². The molecule has 0 bridgehead atoms. The molecule has 0 aliphatic carbocycles. The summed E-state index contributed by atoms with van der Waals surface area (Å²) in [6.45, 7) is 4.97. The maximum atomic E-state index is 12.5. The van der Waals surface area contributed by atoms with E-state index >= 15 is 0 Å². The van der Waals surface area contributed by atoms with E-state index in [1.807, 2.05) is 22.4 Å². The van der Waals surface area contributed by atoms with Crippen molar-refractivity contribution in [2.24, 2.45) is 0 Å². The second-order valence-electron chi connectivity index (χ2n) is 6.02. The molecule has 0 spiro atoms. The lowest BCUT2D eigenvalue weighted by Gasteiger charge is -2.25. The zero-order valence-corrected chi connectivity index (χ0v) is 16.6. The lowest BCUT2D eigenvalue weighted by molar-refractivity contribution is -0.118. The minimum absolute atomic E-state index is 0.160. The molecule has 0 radical (unpaired) electrons. The number of ether oxygens (including phenoxy) is 2. The van der Waals surface area contributed by atoms with E-state index in [0.29, 0.717) is 28.8 Å². The number of esters is 1. The molecule has 2 heterocycles. The van der Waals surface area contributed by atoms with E-state index in [1.54, 1.807) is 19.1 Å². The van der Waals surface area contributed by atoms with Gasteiger partial charge in [-0.05, 0) is 24.6 Å². The smallest absolute Gasteiger partial charge is 0.341 e. The van der Waals surface area contributed by atoms with E-state index in [-0.39, 0.29) is 19.1 Å². The highest BCUT2D eigenvalue weighted by Gasteiger charge is 2.23. The van der Waals surface area contributed by atoms with Crippen LogP contribution in [0.25, 0.3) is 11.1 Å². The second-order valence-corrected chi connectivity index (χ2v) is 7.33. The molecule has 8 heteroatoms. The number of carbonyl (C=O) groups excluding carboxylic acids is 2. The zero-order chi connectivity index (χ0) is 19.2. The molecule has 6 nitrogen and oxygen atoms in total. The monoisotopic (exact) mass is 408 g/mol. The predicted octanol–water partition coefficient (Wildman–Crippen LogP) is 3.52. The number of rotatable bonds is 6. The van der Waals surface area contributed by atoms with Gasteiger partial charge in [0, 0.05) is 29.1 Å². The van der Waals surface area contributed by atoms with Crippen LogP contribution in [0.3, 0.4) is 0 Å². The maximum Gasteiger partial charge on any atom is 0.341 e. The maximum absolute atomic E-state index is 12.5. The van der Waals surface area contributed by atoms with Crippen LogP contribution in [0.1, 0.15) is 17.3 Å². The first-order valence-corrected chi connectivity index (χ1v) is 9.98. The normalized spacial score (nSPS) is 14.7. The number of hydrogen-bond donors (Lipinski definition) is 1. The number of morpholine rings is 1. The summed E-state index contributed by atoms with van der Waals surface area (Å²) in [4.78, 5) is 27.0. The topological polar surface area (TPSA) is 67.9 Å². The van der Waals surface area contributed by atoms with Crippen molar-refractivity contribution in [2.75, 3.05) is 44.8 Å². The molecule has 0 unspecified atom stereocenters. The third-order valence-electron chi connectivity index (χ3n) is 4.15. The Labute approximate surface area is 167 Å². The molecule has 1 amide bonds. The van der Waals surface area contributed by atoms with Crippen molar-refractivity contribution in [2.45, 2.75) is 6.92 Å². The molecule has 27 heavy (non-hydrogen) atoms. The van der Waals surface area contributed by atoms with Gasteiger partial charge in [-0.3, -0.25) is 9.69 Å². The highest BCUT2D eigenvalue weighted by molar-refractivity contribution is 7.15. The van der Waals surface area contributed by atoms with Crippen LogP contribution in [0.2, 0.25) is 5.02 Å². The van der Waals surface area contributed by atoms with Gasteiger partial charge >= 0.3 is 5.97 Å². The van der Waals surface area contributed by atoms with E-state index in [1.165, 1.54) is 11.3 Å². The van der Waals surface area contributed by atoms with Crippen LogP contribution in [-0.4, -0.2) is 56.2 Å². The Morgan fingerprint density at radius 1 is 1.26 bits per heavy atom. The Bertz CT molecular complexity index is 801. The molecule has 3 rings (SSSR count). The fourth-order valence-corrected chi connectivity index (χ4v) is 3.93. The van der Waals surface area contributed by atoms with Crippen LogP contribution in [0.15, 0.2) is 29.6 Å². The largest absolute Gasteiger partial charge is 0.462 e. The second kappa shape index (κ2) is 9.32. The number of nitrogens with zero attached hydrogens (tertiary/aromatic N) is 1. The minimum Gasteiger partial charge on any atom is -0.462 e. The average Bonchev–Trinajstić information content (AvgIpc) is 3.06. The molecule has 1 N–H and O–H groups in total. The first-order chi connectivity index (χ1) is 13.1. The van der Waals surface area contributed by atoms with Gasteiger partial charge in [0.2, 0.25) is 5.91 Å². The van der Waals surface area contributed by atoms with Crippen LogP contribution >= 0.6 is 22.9 Å². The molecule has 1 aromatic carbocycles. The lowest BCUT2D eigenvalue weighted by Crippen LogP contribution is -2.41. The van der Waals surface area contributed by atoms with E-state index in [2.05, 4.69) is 5.32 Å². The summed E-state index contributed by atoms with van der Waals surface area (Å²) in [6.07, 6.45) is 0. The molecule has 2 aromatic rings. The summed E-state index contributed by atoms with van der Waals surface area (Å²) in [5, 5.41) is 5.83. The van der Waals surface area contributed by atoms with E-state index in [0.717, 1.165) is 24.2 Å². The predicted molar refractivity (Wildman–Crippen MR) is 107 cm³/mol. The summed E-state index contributed by atoms with van der Waals surface area (Å²) < 4.78 is 10.5. The van der Waals surface area contributed by atoms with Gasteiger partial charge in [-0.1, -0.05) is 23.7 Å². The van der Waals surface area contributed by atoms with Crippen LogP contribution in [0.4, 0.5) is 5.00 Å². The molecule has 1 aliphatic rings. The number of carbonyl (C=O) groups is 2. The first kappa shape index (κ1) is 19.8. The van der Waals surface area contributed by atoms with E-state index < -0.39 is 5.97 Å². The van der Waals surface area contributed by atoms with Crippen LogP contribution < -0.4 is 5.32 Å². The van der Waals surface area contributed by atoms with Crippen molar-refractivity contribution in [3.05, 3.63) is 40.2 Å². The van der Waals surface area contributed by atoms with Crippen molar-refractivity contribution < 1.29 is 19.1 Å². The van der Waals surface area contributed by atoms with Gasteiger partial charge in [0.05, 0.1) is 26.4 Å². The summed E-state index contributed by atoms with van der Waals surface area (Å²) in [7, 11) is 0. The van der Waals surface area contributed by atoms with Crippen molar-refractivity contribution in [1.29, 1.82) is 0 Å². The van der Waals surface area contributed by atoms with Crippen molar-refractivity contribution in [3.8, 4) is 11.1 Å². The first-order valence-electron chi connectivity index (χ1n) is 8.73. The van der Waals surface area contributed by atoms with E-state index in [9.17, 15) is 9.59 Å². The molecule has 1 aromatic heterocycles. The van der Waals surface area contributed by atoms with Crippen LogP contribution in [0.5, 0.6) is 0 Å². The Balaban J connectivity index is 1.82. The van der Waals surface area contributed by atoms with Gasteiger partial charge in [0.1, 0.15) is 10.6 Å². The molecular weight excluding hydrogens is 388 g/mol. The Morgan fingerprint density at radius 3 is 2.63 bits per heavy atom. The molecular formula is C19H21ClN2O4S. The number of amides is 1. The van der Waals surface area contributed by atoms with Gasteiger partial charge in [-0.25, -0.2) is 4.79 Å². The molecule has 1 fully saturated rings. The van der Waals surface area contributed by atoms with Crippen molar-refractivity contribution in [1.82, 2.24) is 4.90 Å². The van der Waals surface area contributed by atoms with Gasteiger partial charge < -0.3 is 14.8 Å². The number of anilines is 1. The van der Waals surface area contributed by atoms with Gasteiger partial charge in [-0.2, -0.15) is 0 Å². The quantitative estimate of drug-likeness (QED) is 0.741. The molecule has 1 saturated heterocycles. The summed E-state index contributed by atoms with van der Waals surface area (Å²) >= 11 is 7.27. The standard InChI is InChI=1S/C19H21ClN2O4S/c1-2-26-19(24)17-15(13-3-5-14(20)6-4-13)12-27-18(17)21-16(23)11-22-7-9-25-10-8-22/h3-6,12H,2,7-11H2,1H3,(H,21,23). The fourth-order valence-electron chi connectivity index (χ4n) is 2.83. The van der Waals surface area contributed by atoms with Crippen LogP contribution in [0, 0.1) is 0 Å². The number of benzene rings is 1. The number of nitrogens with one attached hydrogen (secondary N) is 1. The number of thiophene rings is 1. The molecule has 1 aliphatic heterocycles. The SMILES string of the molecule is CCOC(=O)c1c(-c2ccc(Cl)cc2)csc1NC(=O)CN1CCOCC1. The zero-order valence-electron chi connectivity index (χ0n) is 15.0. The Hall–Kier alpha value is -1.93. The van der Waals surface area contributed by atoms with Gasteiger partial charge in [0.25, 0.3) is 0 Å². The van der Waals surface area contributed by atoms with Gasteiger partial charge in [-0.15, -0.1) is 11.3 Å². The summed E-state index contributed by atoms with van der Waals surface area (Å²) in [6, 6.07) is 7.21. The Kier molecular flexibility index (Phi) is 6.84. The molecule has 0 saturated carbocycles. The average molecular weight is 409 g/mol. The third-order valence-corrected chi connectivity index (χ3v) is 5.30. The third kappa shape index (κ3) is 5.07. The molecule has 0 atom stereocenters. The lowest BCUT2D eigenvalue weighted by atomic mass is 10.0. The highest BCUT2D eigenvalue weighted by atomic mass is 35.5. The fraction of sp³-hybridized carbons (Fsp3) is 0.368. The van der Waals surface area contributed by atoms with E-state index in [4.69, 9.17) is 21.1 Å². The van der Waals surface area contributed by atoms with Crippen LogP contribution in [-0.2, 0) is 14.3 Å². The Morgan fingerprint density at radius 2 is 1.96 bits per heavy atom. The van der Waals surface area contributed by atoms with Crippen molar-refractivity contribution >= 4 is 39.8 Å². The molecule has 144 valence electrons. The minimum atomic E-state index is -0.453. The van der Waals surface area contributed by atoms with Crippen molar-refractivity contribution in [3.63, 3.8) is 0 Å². The highest BCUT2D eigenvalue weighted by Crippen LogP contribution is 2.36. The summed E-state index contributed by atoms with van der Waals surface area (Å²) in [5.74, 6) is -0.614. The number of hydrogen-bond acceptors (Lipinski definition) is 6. The summed E-state index contributed by atoms with van der Waals surface area (Å²) in [5.41, 5.74) is 1.93. The number of halogens is 1.